The maximum absolute atomic E-state index is 12.0. The fraction of sp³-hybridized carbons (Fsp3) is 0.500. The Labute approximate surface area is 107 Å². The molecule has 1 amide bonds. The third kappa shape index (κ3) is 2.75. The molecule has 2 rings (SSSR count). The summed E-state index contributed by atoms with van der Waals surface area (Å²) in [5.41, 5.74) is 0. The van der Waals surface area contributed by atoms with Gasteiger partial charge in [-0.25, -0.2) is 0 Å². The molecule has 4 nitrogen and oxygen atoms in total. The number of amides is 1. The van der Waals surface area contributed by atoms with Crippen LogP contribution in [0.3, 0.4) is 0 Å². The van der Waals surface area contributed by atoms with Gasteiger partial charge in [-0.15, -0.1) is 0 Å². The molecule has 4 heteroatoms. The first kappa shape index (κ1) is 12.7. The van der Waals surface area contributed by atoms with Crippen LogP contribution in [0.2, 0.25) is 0 Å². The SMILES string of the molecule is CCC(CC)NC(=O)C1COc2ccccc2O1. The molecule has 18 heavy (non-hydrogen) atoms. The number of carbonyl (C=O) groups excluding carboxylic acids is 1. The molecular weight excluding hydrogens is 230 g/mol. The highest BCUT2D eigenvalue weighted by atomic mass is 16.6. The molecule has 1 aromatic carbocycles. The smallest absolute Gasteiger partial charge is 0.264 e. The Morgan fingerprint density at radius 1 is 1.33 bits per heavy atom. The molecule has 0 radical (unpaired) electrons. The van der Waals surface area contributed by atoms with Crippen molar-refractivity contribution in [3.05, 3.63) is 24.3 Å². The molecule has 0 aliphatic carbocycles. The van der Waals surface area contributed by atoms with E-state index in [4.69, 9.17) is 9.47 Å². The molecule has 1 aromatic rings. The summed E-state index contributed by atoms with van der Waals surface area (Å²) in [7, 11) is 0. The molecule has 98 valence electrons. The number of carbonyl (C=O) groups is 1. The van der Waals surface area contributed by atoms with Crippen LogP contribution in [-0.4, -0.2) is 24.7 Å². The summed E-state index contributed by atoms with van der Waals surface area (Å²) < 4.78 is 11.2. The van der Waals surface area contributed by atoms with Gasteiger partial charge in [0.2, 0.25) is 6.10 Å². The molecule has 0 bridgehead atoms. The van der Waals surface area contributed by atoms with Crippen molar-refractivity contribution in [2.75, 3.05) is 6.61 Å². The van der Waals surface area contributed by atoms with Crippen molar-refractivity contribution in [1.29, 1.82) is 0 Å². The lowest BCUT2D eigenvalue weighted by molar-refractivity contribution is -0.131. The van der Waals surface area contributed by atoms with Crippen molar-refractivity contribution in [3.8, 4) is 11.5 Å². The number of benzene rings is 1. The van der Waals surface area contributed by atoms with Crippen LogP contribution >= 0.6 is 0 Å². The molecule has 0 saturated carbocycles. The summed E-state index contributed by atoms with van der Waals surface area (Å²) in [6.07, 6.45) is 1.29. The third-order valence-corrected chi connectivity index (χ3v) is 3.13. The van der Waals surface area contributed by atoms with Crippen molar-refractivity contribution in [2.24, 2.45) is 0 Å². The first-order valence-corrected chi connectivity index (χ1v) is 6.43. The highest BCUT2D eigenvalue weighted by molar-refractivity contribution is 5.82. The minimum absolute atomic E-state index is 0.0989. The van der Waals surface area contributed by atoms with Crippen LogP contribution in [0, 0.1) is 0 Å². The Kier molecular flexibility index (Phi) is 4.07. The quantitative estimate of drug-likeness (QED) is 0.889. The Bertz CT molecular complexity index is 415. The molecule has 1 aliphatic rings. The Hall–Kier alpha value is -1.71. The molecule has 1 aliphatic heterocycles. The zero-order chi connectivity index (χ0) is 13.0. The number of fused-ring (bicyclic) bond motifs is 1. The van der Waals surface area contributed by atoms with Gasteiger partial charge in [-0.1, -0.05) is 26.0 Å². The lowest BCUT2D eigenvalue weighted by Crippen LogP contribution is -2.47. The van der Waals surface area contributed by atoms with Gasteiger partial charge in [0.05, 0.1) is 0 Å². The van der Waals surface area contributed by atoms with E-state index in [1.165, 1.54) is 0 Å². The van der Waals surface area contributed by atoms with E-state index in [2.05, 4.69) is 19.2 Å². The zero-order valence-corrected chi connectivity index (χ0v) is 10.8. The highest BCUT2D eigenvalue weighted by Crippen LogP contribution is 2.30. The summed E-state index contributed by atoms with van der Waals surface area (Å²) >= 11 is 0. The van der Waals surface area contributed by atoms with Crippen molar-refractivity contribution < 1.29 is 14.3 Å². The van der Waals surface area contributed by atoms with Crippen molar-refractivity contribution in [2.45, 2.75) is 38.8 Å². The van der Waals surface area contributed by atoms with Gasteiger partial charge in [-0.05, 0) is 25.0 Å². The summed E-state index contributed by atoms with van der Waals surface area (Å²) in [6.45, 7) is 4.38. The van der Waals surface area contributed by atoms with Gasteiger partial charge in [0.1, 0.15) is 6.61 Å². The number of rotatable bonds is 4. The van der Waals surface area contributed by atoms with Gasteiger partial charge in [-0.3, -0.25) is 4.79 Å². The van der Waals surface area contributed by atoms with Crippen molar-refractivity contribution >= 4 is 5.91 Å². The Morgan fingerprint density at radius 3 is 2.67 bits per heavy atom. The summed E-state index contributed by atoms with van der Waals surface area (Å²) in [5, 5.41) is 2.97. The maximum atomic E-state index is 12.0. The molecule has 1 heterocycles. The molecule has 0 saturated heterocycles. The third-order valence-electron chi connectivity index (χ3n) is 3.13. The maximum Gasteiger partial charge on any atom is 0.264 e. The van der Waals surface area contributed by atoms with Crippen LogP contribution in [0.1, 0.15) is 26.7 Å². The molecule has 0 fully saturated rings. The topological polar surface area (TPSA) is 47.6 Å². The van der Waals surface area contributed by atoms with Crippen LogP contribution in [-0.2, 0) is 4.79 Å². The standard InChI is InChI=1S/C14H19NO3/c1-3-10(4-2)15-14(16)13-9-17-11-7-5-6-8-12(11)18-13/h5-8,10,13H,3-4,9H2,1-2H3,(H,15,16). The van der Waals surface area contributed by atoms with Crippen LogP contribution in [0.15, 0.2) is 24.3 Å². The van der Waals surface area contributed by atoms with Gasteiger partial charge in [0.25, 0.3) is 5.91 Å². The lowest BCUT2D eigenvalue weighted by Gasteiger charge is -2.27. The van der Waals surface area contributed by atoms with Crippen LogP contribution in [0.4, 0.5) is 0 Å². The van der Waals surface area contributed by atoms with E-state index >= 15 is 0 Å². The summed E-state index contributed by atoms with van der Waals surface area (Å²) in [4.78, 5) is 12.0. The fourth-order valence-electron chi connectivity index (χ4n) is 1.94. The minimum atomic E-state index is -0.555. The summed E-state index contributed by atoms with van der Waals surface area (Å²) in [5.74, 6) is 1.23. The second kappa shape index (κ2) is 5.76. The first-order chi connectivity index (χ1) is 8.74. The zero-order valence-electron chi connectivity index (χ0n) is 10.8. The van der Waals surface area contributed by atoms with Gasteiger partial charge in [0, 0.05) is 6.04 Å². The highest BCUT2D eigenvalue weighted by Gasteiger charge is 2.27. The van der Waals surface area contributed by atoms with Crippen LogP contribution in [0.25, 0.3) is 0 Å². The monoisotopic (exact) mass is 249 g/mol. The fourth-order valence-corrected chi connectivity index (χ4v) is 1.94. The molecule has 0 spiro atoms. The lowest BCUT2D eigenvalue weighted by atomic mass is 10.1. The van der Waals surface area contributed by atoms with Crippen molar-refractivity contribution in [3.63, 3.8) is 0 Å². The predicted molar refractivity (Wildman–Crippen MR) is 68.9 cm³/mol. The van der Waals surface area contributed by atoms with E-state index < -0.39 is 6.10 Å². The van der Waals surface area contributed by atoms with E-state index in [-0.39, 0.29) is 18.6 Å². The average molecular weight is 249 g/mol. The second-order valence-electron chi connectivity index (χ2n) is 4.39. The second-order valence-corrected chi connectivity index (χ2v) is 4.39. The Balaban J connectivity index is 1.98. The number of ether oxygens (including phenoxy) is 2. The molecular formula is C14H19NO3. The molecule has 1 unspecified atom stereocenters. The largest absolute Gasteiger partial charge is 0.485 e. The molecule has 0 aromatic heterocycles. The minimum Gasteiger partial charge on any atom is -0.485 e. The average Bonchev–Trinajstić information content (AvgIpc) is 2.44. The summed E-state index contributed by atoms with van der Waals surface area (Å²) in [6, 6.07) is 7.60. The number of nitrogens with one attached hydrogen (secondary N) is 1. The van der Waals surface area contributed by atoms with Crippen molar-refractivity contribution in [1.82, 2.24) is 5.32 Å². The van der Waals surface area contributed by atoms with Gasteiger partial charge in [0.15, 0.2) is 11.5 Å². The molecule has 1 N–H and O–H groups in total. The predicted octanol–water partition coefficient (Wildman–Crippen LogP) is 2.13. The van der Waals surface area contributed by atoms with Crippen LogP contribution in [0.5, 0.6) is 11.5 Å². The van der Waals surface area contributed by atoms with E-state index in [0.717, 1.165) is 12.8 Å². The Morgan fingerprint density at radius 2 is 2.00 bits per heavy atom. The van der Waals surface area contributed by atoms with Gasteiger partial charge in [-0.2, -0.15) is 0 Å². The molecule has 1 atom stereocenters. The van der Waals surface area contributed by atoms with E-state index in [1.807, 2.05) is 24.3 Å². The number of hydrogen-bond acceptors (Lipinski definition) is 3. The first-order valence-electron chi connectivity index (χ1n) is 6.43. The van der Waals surface area contributed by atoms with Gasteiger partial charge < -0.3 is 14.8 Å². The van der Waals surface area contributed by atoms with E-state index in [0.29, 0.717) is 11.5 Å². The van der Waals surface area contributed by atoms with E-state index in [9.17, 15) is 4.79 Å². The number of hydrogen-bond donors (Lipinski definition) is 1. The van der Waals surface area contributed by atoms with Gasteiger partial charge >= 0.3 is 0 Å². The van der Waals surface area contributed by atoms with E-state index in [1.54, 1.807) is 0 Å². The van der Waals surface area contributed by atoms with Crippen LogP contribution < -0.4 is 14.8 Å². The number of para-hydroxylation sites is 2. The normalized spacial score (nSPS) is 17.6.